The van der Waals surface area contributed by atoms with Gasteiger partial charge in [0.1, 0.15) is 11.6 Å². The highest BCUT2D eigenvalue weighted by molar-refractivity contribution is 6.04. The fourth-order valence-electron chi connectivity index (χ4n) is 4.00. The smallest absolute Gasteiger partial charge is 0.329 e. The Kier molecular flexibility index (Phi) is 4.31. The Labute approximate surface area is 167 Å². The predicted molar refractivity (Wildman–Crippen MR) is 108 cm³/mol. The van der Waals surface area contributed by atoms with Crippen LogP contribution in [-0.4, -0.2) is 40.1 Å². The van der Waals surface area contributed by atoms with Crippen LogP contribution in [0.25, 0.3) is 11.3 Å². The Bertz CT molecular complexity index is 1060. The van der Waals surface area contributed by atoms with E-state index in [0.29, 0.717) is 22.9 Å². The summed E-state index contributed by atoms with van der Waals surface area (Å²) < 4.78 is 13.6. The zero-order chi connectivity index (χ0) is 19.8. The molecule has 146 valence electrons. The Morgan fingerprint density at radius 2 is 2.14 bits per heavy atom. The molecule has 2 amide bonds. The molecule has 2 aliphatic heterocycles. The number of hydrogen-bond donors (Lipinski definition) is 1. The molecule has 3 aromatic heterocycles. The Morgan fingerprint density at radius 1 is 1.21 bits per heavy atom. The van der Waals surface area contributed by atoms with E-state index in [4.69, 9.17) is 4.98 Å². The largest absolute Gasteiger partial charge is 0.366 e. The molecule has 1 atom stereocenters. The van der Waals surface area contributed by atoms with E-state index in [1.54, 1.807) is 29.4 Å². The first-order valence-electron chi connectivity index (χ1n) is 9.57. The molecule has 3 aromatic rings. The topological polar surface area (TPSA) is 74.2 Å². The van der Waals surface area contributed by atoms with Crippen LogP contribution in [0.4, 0.5) is 26.5 Å². The molecule has 8 heteroatoms. The molecule has 0 saturated carbocycles. The summed E-state index contributed by atoms with van der Waals surface area (Å²) in [6, 6.07) is 10.3. The molecular formula is C21H19FN6O. The zero-order valence-corrected chi connectivity index (χ0v) is 15.6. The molecule has 29 heavy (non-hydrogen) atoms. The van der Waals surface area contributed by atoms with Crippen molar-refractivity contribution in [1.82, 2.24) is 15.0 Å². The molecule has 5 rings (SSSR count). The summed E-state index contributed by atoms with van der Waals surface area (Å²) in [5.74, 6) is 0.645. The molecule has 7 nitrogen and oxygen atoms in total. The molecule has 0 radical (unpaired) electrons. The van der Waals surface area contributed by atoms with Gasteiger partial charge in [-0.25, -0.2) is 19.2 Å². The molecule has 2 aliphatic rings. The average Bonchev–Trinajstić information content (AvgIpc) is 2.74. The lowest BCUT2D eigenvalue weighted by molar-refractivity contribution is 0.252. The number of nitrogens with one attached hydrogen (secondary N) is 1. The van der Waals surface area contributed by atoms with Gasteiger partial charge in [-0.1, -0.05) is 6.07 Å². The summed E-state index contributed by atoms with van der Waals surface area (Å²) in [6.45, 7) is 1.70. The monoisotopic (exact) mass is 390 g/mol. The number of amides is 2. The first kappa shape index (κ1) is 17.5. The second-order valence-electron chi connectivity index (χ2n) is 7.19. The predicted octanol–water partition coefficient (Wildman–Crippen LogP) is 3.70. The van der Waals surface area contributed by atoms with E-state index >= 15 is 0 Å². The van der Waals surface area contributed by atoms with Crippen LogP contribution in [0.3, 0.4) is 0 Å². The summed E-state index contributed by atoms with van der Waals surface area (Å²) in [7, 11) is 0. The summed E-state index contributed by atoms with van der Waals surface area (Å²) in [4.78, 5) is 30.0. The molecule has 0 spiro atoms. The van der Waals surface area contributed by atoms with Crippen molar-refractivity contribution in [2.45, 2.75) is 18.9 Å². The van der Waals surface area contributed by atoms with Gasteiger partial charge in [-0.2, -0.15) is 0 Å². The maximum atomic E-state index is 13.6. The third-order valence-corrected chi connectivity index (χ3v) is 5.30. The maximum Gasteiger partial charge on any atom is 0.329 e. The van der Waals surface area contributed by atoms with Crippen molar-refractivity contribution < 1.29 is 9.18 Å². The van der Waals surface area contributed by atoms with Crippen molar-refractivity contribution in [1.29, 1.82) is 0 Å². The van der Waals surface area contributed by atoms with Gasteiger partial charge in [-0.15, -0.1) is 0 Å². The molecule has 1 fully saturated rings. The number of fused-ring (bicyclic) bond motifs is 4. The fourth-order valence-corrected chi connectivity index (χ4v) is 4.00. The van der Waals surface area contributed by atoms with Crippen molar-refractivity contribution in [2.24, 2.45) is 0 Å². The molecule has 1 N–H and O–H groups in total. The van der Waals surface area contributed by atoms with Gasteiger partial charge in [0, 0.05) is 31.0 Å². The van der Waals surface area contributed by atoms with Crippen molar-refractivity contribution >= 4 is 23.4 Å². The van der Waals surface area contributed by atoms with Crippen LogP contribution in [0.2, 0.25) is 0 Å². The first-order chi connectivity index (χ1) is 14.2. The third-order valence-electron chi connectivity index (χ3n) is 5.30. The Balaban J connectivity index is 1.56. The molecule has 0 aliphatic carbocycles. The Hall–Kier alpha value is -3.55. The molecular weight excluding hydrogens is 371 g/mol. The number of piperidine rings is 1. The van der Waals surface area contributed by atoms with Crippen LogP contribution in [-0.2, 0) is 0 Å². The number of pyridine rings is 3. The molecule has 0 aromatic carbocycles. The van der Waals surface area contributed by atoms with Gasteiger partial charge in [-0.3, -0.25) is 15.2 Å². The van der Waals surface area contributed by atoms with Gasteiger partial charge in [0.25, 0.3) is 0 Å². The van der Waals surface area contributed by atoms with Crippen LogP contribution >= 0.6 is 0 Å². The minimum absolute atomic E-state index is 0.0216. The third kappa shape index (κ3) is 3.26. The van der Waals surface area contributed by atoms with Crippen molar-refractivity contribution in [3.05, 3.63) is 60.8 Å². The molecule has 2 bridgehead atoms. The lowest BCUT2D eigenvalue weighted by Crippen LogP contribution is -2.56. The van der Waals surface area contributed by atoms with Crippen LogP contribution < -0.4 is 15.1 Å². The van der Waals surface area contributed by atoms with Gasteiger partial charge in [0.2, 0.25) is 0 Å². The minimum Gasteiger partial charge on any atom is -0.366 e. The van der Waals surface area contributed by atoms with Crippen LogP contribution in [0.5, 0.6) is 0 Å². The quantitative estimate of drug-likeness (QED) is 0.722. The number of rotatable bonds is 2. The normalized spacial score (nSPS) is 17.6. The highest BCUT2D eigenvalue weighted by Crippen LogP contribution is 2.39. The van der Waals surface area contributed by atoms with E-state index in [-0.39, 0.29) is 12.1 Å². The van der Waals surface area contributed by atoms with Crippen LogP contribution in [0.15, 0.2) is 55.0 Å². The summed E-state index contributed by atoms with van der Waals surface area (Å²) in [6.07, 6.45) is 6.27. The lowest BCUT2D eigenvalue weighted by atomic mass is 9.99. The molecule has 1 saturated heterocycles. The summed E-state index contributed by atoms with van der Waals surface area (Å²) in [5, 5.41) is 2.87. The average molecular weight is 390 g/mol. The molecule has 0 unspecified atom stereocenters. The number of urea groups is 1. The fraction of sp³-hybridized carbons (Fsp3) is 0.238. The minimum atomic E-state index is -0.424. The number of aromatic nitrogens is 3. The SMILES string of the molecule is O=C(Nc1ccccn1)N1c2nc(-c3cncc(F)c3)ccc2N2CCC[C@H]1C2. The highest BCUT2D eigenvalue weighted by Gasteiger charge is 2.38. The number of nitrogens with zero attached hydrogens (tertiary/aromatic N) is 5. The van der Waals surface area contributed by atoms with Crippen molar-refractivity contribution in [2.75, 3.05) is 28.2 Å². The van der Waals surface area contributed by atoms with E-state index in [2.05, 4.69) is 20.2 Å². The second-order valence-corrected chi connectivity index (χ2v) is 7.19. The van der Waals surface area contributed by atoms with Crippen molar-refractivity contribution in [3.8, 4) is 11.3 Å². The molecule has 5 heterocycles. The van der Waals surface area contributed by atoms with Crippen LogP contribution in [0.1, 0.15) is 12.8 Å². The van der Waals surface area contributed by atoms with Gasteiger partial charge < -0.3 is 4.90 Å². The van der Waals surface area contributed by atoms with Crippen molar-refractivity contribution in [3.63, 3.8) is 0 Å². The standard InChI is InChI=1S/C21H19FN6O/c22-15-10-14(11-23-12-15)17-6-7-18-20(25-17)28(16-4-3-9-27(18)13-16)21(29)26-19-5-1-2-8-24-19/h1-2,5-8,10-12,16H,3-4,9,13H2,(H,24,26,29)/t16-/m0/s1. The van der Waals surface area contributed by atoms with E-state index in [1.807, 2.05) is 18.2 Å². The maximum absolute atomic E-state index is 13.6. The van der Waals surface area contributed by atoms with Gasteiger partial charge in [0.15, 0.2) is 5.82 Å². The summed E-state index contributed by atoms with van der Waals surface area (Å²) >= 11 is 0. The number of carbonyl (C=O) groups is 1. The van der Waals surface area contributed by atoms with E-state index < -0.39 is 5.82 Å². The number of hydrogen-bond acceptors (Lipinski definition) is 5. The van der Waals surface area contributed by atoms with Crippen LogP contribution in [0, 0.1) is 5.82 Å². The first-order valence-corrected chi connectivity index (χ1v) is 9.57. The van der Waals surface area contributed by atoms with Gasteiger partial charge in [-0.05, 0) is 43.2 Å². The van der Waals surface area contributed by atoms with Gasteiger partial charge in [0.05, 0.1) is 23.6 Å². The Morgan fingerprint density at radius 3 is 2.97 bits per heavy atom. The number of anilines is 3. The lowest BCUT2D eigenvalue weighted by Gasteiger charge is -2.45. The van der Waals surface area contributed by atoms with Gasteiger partial charge >= 0.3 is 6.03 Å². The number of halogens is 1. The zero-order valence-electron chi connectivity index (χ0n) is 15.6. The van der Waals surface area contributed by atoms with E-state index in [9.17, 15) is 9.18 Å². The second kappa shape index (κ2) is 7.12. The van der Waals surface area contributed by atoms with E-state index in [0.717, 1.165) is 37.8 Å². The van der Waals surface area contributed by atoms with E-state index in [1.165, 1.54) is 6.07 Å². The number of carbonyl (C=O) groups excluding carboxylic acids is 1. The highest BCUT2D eigenvalue weighted by atomic mass is 19.1. The summed E-state index contributed by atoms with van der Waals surface area (Å²) in [5.41, 5.74) is 2.06.